The van der Waals surface area contributed by atoms with Crippen LogP contribution < -0.4 is 4.90 Å². The lowest BCUT2D eigenvalue weighted by molar-refractivity contribution is 0.160. The first kappa shape index (κ1) is 27.0. The van der Waals surface area contributed by atoms with Crippen LogP contribution in [0.4, 0.5) is 10.1 Å². The second-order valence-electron chi connectivity index (χ2n) is 10.1. The smallest absolute Gasteiger partial charge is 0.123 e. The van der Waals surface area contributed by atoms with Crippen LogP contribution in [-0.2, 0) is 6.61 Å². The fraction of sp³-hybridized carbons (Fsp3) is 0.242. The fourth-order valence-electron chi connectivity index (χ4n) is 5.57. The van der Waals surface area contributed by atoms with Crippen LogP contribution in [0.5, 0.6) is 5.75 Å². The van der Waals surface area contributed by atoms with E-state index in [9.17, 15) is 19.7 Å². The maximum Gasteiger partial charge on any atom is 0.123 e. The molecule has 1 fully saturated rings. The zero-order valence-electron chi connectivity index (χ0n) is 21.6. The molecule has 0 saturated carbocycles. The zero-order chi connectivity index (χ0) is 27.4. The van der Waals surface area contributed by atoms with E-state index < -0.39 is 6.10 Å². The van der Waals surface area contributed by atoms with E-state index in [1.165, 1.54) is 12.1 Å². The molecule has 200 valence electrons. The molecule has 0 bridgehead atoms. The molecule has 39 heavy (non-hydrogen) atoms. The number of halogens is 1. The van der Waals surface area contributed by atoms with E-state index in [4.69, 9.17) is 12.2 Å². The summed E-state index contributed by atoms with van der Waals surface area (Å²) in [7, 11) is 0. The van der Waals surface area contributed by atoms with Crippen LogP contribution in [0.3, 0.4) is 0 Å². The van der Waals surface area contributed by atoms with Crippen LogP contribution in [0, 0.1) is 11.7 Å². The average Bonchev–Trinajstić information content (AvgIpc) is 3.29. The van der Waals surface area contributed by atoms with Crippen LogP contribution in [0.15, 0.2) is 97.1 Å². The monoisotopic (exact) mass is 541 g/mol. The highest BCUT2D eigenvalue weighted by Crippen LogP contribution is 2.47. The number of phenols is 1. The molecule has 6 heteroatoms. The van der Waals surface area contributed by atoms with E-state index in [0.717, 1.165) is 40.2 Å². The highest BCUT2D eigenvalue weighted by atomic mass is 32.1. The molecule has 3 N–H and O–H groups in total. The molecule has 4 aromatic carbocycles. The molecule has 1 heterocycles. The Hall–Kier alpha value is -3.58. The Morgan fingerprint density at radius 3 is 2.26 bits per heavy atom. The van der Waals surface area contributed by atoms with Gasteiger partial charge in [0.2, 0.25) is 0 Å². The maximum atomic E-state index is 13.3. The fourth-order valence-corrected chi connectivity index (χ4v) is 6.00. The third kappa shape index (κ3) is 6.04. The molecule has 1 aliphatic rings. The number of anilines is 1. The second kappa shape index (κ2) is 12.1. The van der Waals surface area contributed by atoms with Crippen molar-refractivity contribution in [3.8, 4) is 16.9 Å². The van der Waals surface area contributed by atoms with Crippen molar-refractivity contribution < 1.29 is 19.7 Å². The van der Waals surface area contributed by atoms with Crippen LogP contribution in [0.2, 0.25) is 0 Å². The lowest BCUT2D eigenvalue weighted by Crippen LogP contribution is -2.28. The number of aliphatic hydroxyl groups excluding tert-OH is 2. The standard InChI is InChI=1S/C33H32FNO3S/c34-27-14-10-25(11-15-27)30(37)8-4-7-26-20-32(39)35(33(26)29-18-9-22(21-36)19-31(29)38)28-16-12-24(13-17-28)23-5-2-1-3-6-23/h1-3,5-6,9-19,26,30,33,36-38H,4,7-8,20-21H2/t26-,30+,33-/m0/s1. The Kier molecular flexibility index (Phi) is 8.36. The first-order chi connectivity index (χ1) is 18.9. The van der Waals surface area contributed by atoms with Gasteiger partial charge in [-0.2, -0.15) is 0 Å². The van der Waals surface area contributed by atoms with Crippen molar-refractivity contribution in [3.63, 3.8) is 0 Å². The van der Waals surface area contributed by atoms with Gasteiger partial charge in [-0.3, -0.25) is 0 Å². The predicted molar refractivity (Wildman–Crippen MR) is 157 cm³/mol. The van der Waals surface area contributed by atoms with Crippen molar-refractivity contribution in [1.82, 2.24) is 0 Å². The molecule has 0 spiro atoms. The van der Waals surface area contributed by atoms with E-state index in [0.29, 0.717) is 24.0 Å². The number of hydrogen-bond donors (Lipinski definition) is 3. The van der Waals surface area contributed by atoms with Crippen LogP contribution >= 0.6 is 12.2 Å². The third-order valence-corrected chi connectivity index (χ3v) is 7.95. The van der Waals surface area contributed by atoms with Crippen LogP contribution in [-0.4, -0.2) is 20.3 Å². The van der Waals surface area contributed by atoms with E-state index in [-0.39, 0.29) is 30.1 Å². The summed E-state index contributed by atoms with van der Waals surface area (Å²) in [6.45, 7) is -0.147. The second-order valence-corrected chi connectivity index (χ2v) is 10.6. The van der Waals surface area contributed by atoms with Gasteiger partial charge in [-0.15, -0.1) is 0 Å². The Morgan fingerprint density at radius 2 is 1.59 bits per heavy atom. The molecule has 1 aliphatic heterocycles. The molecule has 1 saturated heterocycles. The predicted octanol–water partition coefficient (Wildman–Crippen LogP) is 7.49. The van der Waals surface area contributed by atoms with Gasteiger partial charge in [0.25, 0.3) is 0 Å². The number of aromatic hydroxyl groups is 1. The quantitative estimate of drug-likeness (QED) is 0.192. The summed E-state index contributed by atoms with van der Waals surface area (Å²) < 4.78 is 13.3. The molecule has 0 aliphatic carbocycles. The lowest BCUT2D eigenvalue weighted by Gasteiger charge is -2.31. The topological polar surface area (TPSA) is 63.9 Å². The molecule has 3 atom stereocenters. The number of hydrogen-bond acceptors (Lipinski definition) is 4. The van der Waals surface area contributed by atoms with Crippen LogP contribution in [0.1, 0.15) is 54.5 Å². The summed E-state index contributed by atoms with van der Waals surface area (Å²) in [5, 5.41) is 31.2. The van der Waals surface area contributed by atoms with Crippen molar-refractivity contribution in [1.29, 1.82) is 0 Å². The number of phenolic OH excluding ortho intramolecular Hbond substituents is 1. The molecular formula is C33H32FNO3S. The minimum atomic E-state index is -0.670. The average molecular weight is 542 g/mol. The van der Waals surface area contributed by atoms with Gasteiger partial charge in [0, 0.05) is 17.7 Å². The molecule has 4 nitrogen and oxygen atoms in total. The first-order valence-electron chi connectivity index (χ1n) is 13.3. The van der Waals surface area contributed by atoms with Crippen molar-refractivity contribution in [2.75, 3.05) is 4.90 Å². The maximum absolute atomic E-state index is 13.3. The highest BCUT2D eigenvalue weighted by molar-refractivity contribution is 7.80. The van der Waals surface area contributed by atoms with Crippen molar-refractivity contribution in [3.05, 3.63) is 120 Å². The molecule has 0 radical (unpaired) electrons. The van der Waals surface area contributed by atoms with Crippen molar-refractivity contribution in [2.45, 2.75) is 44.4 Å². The normalized spacial score (nSPS) is 17.9. The summed E-state index contributed by atoms with van der Waals surface area (Å²) in [5.74, 6) is -0.0618. The Morgan fingerprint density at radius 1 is 0.897 bits per heavy atom. The zero-order valence-corrected chi connectivity index (χ0v) is 22.4. The van der Waals surface area contributed by atoms with Gasteiger partial charge >= 0.3 is 0 Å². The summed E-state index contributed by atoms with van der Waals surface area (Å²) in [5.41, 5.74) is 5.33. The minimum absolute atomic E-state index is 0.123. The van der Waals surface area contributed by atoms with Crippen LogP contribution in [0.25, 0.3) is 11.1 Å². The number of benzene rings is 4. The molecule has 4 aromatic rings. The van der Waals surface area contributed by atoms with Gasteiger partial charge in [0.15, 0.2) is 0 Å². The van der Waals surface area contributed by atoms with Gasteiger partial charge in [0.1, 0.15) is 11.6 Å². The first-order valence-corrected chi connectivity index (χ1v) is 13.7. The van der Waals surface area contributed by atoms with E-state index in [1.807, 2.05) is 30.3 Å². The van der Waals surface area contributed by atoms with Gasteiger partial charge in [-0.25, -0.2) is 4.39 Å². The number of nitrogens with zero attached hydrogens (tertiary/aromatic N) is 1. The highest BCUT2D eigenvalue weighted by Gasteiger charge is 2.40. The SMILES string of the molecule is OCc1ccc([C@@H]2[C@@H](CCC[C@@H](O)c3ccc(F)cc3)CC(=S)N2c2ccc(-c3ccccc3)cc2)c(O)c1. The largest absolute Gasteiger partial charge is 0.508 e. The molecule has 5 rings (SSSR count). The van der Waals surface area contributed by atoms with Gasteiger partial charge in [-0.1, -0.05) is 85.4 Å². The van der Waals surface area contributed by atoms with E-state index in [1.54, 1.807) is 18.2 Å². The molecular weight excluding hydrogens is 509 g/mol. The summed E-state index contributed by atoms with van der Waals surface area (Å²) in [4.78, 5) is 2.95. The van der Waals surface area contributed by atoms with Gasteiger partial charge in [-0.05, 0) is 71.3 Å². The molecule has 0 aromatic heterocycles. The Bertz CT molecular complexity index is 1410. The van der Waals surface area contributed by atoms with Gasteiger partial charge < -0.3 is 20.2 Å². The minimum Gasteiger partial charge on any atom is -0.508 e. The summed E-state index contributed by atoms with van der Waals surface area (Å²) in [6, 6.07) is 29.6. The third-order valence-electron chi connectivity index (χ3n) is 7.59. The number of thiocarbonyl (C=S) groups is 1. The van der Waals surface area contributed by atoms with Crippen molar-refractivity contribution >= 4 is 22.9 Å². The number of aliphatic hydroxyl groups is 2. The molecule has 0 amide bonds. The summed E-state index contributed by atoms with van der Waals surface area (Å²) >= 11 is 5.90. The van der Waals surface area contributed by atoms with Crippen molar-refractivity contribution in [2.24, 2.45) is 5.92 Å². The van der Waals surface area contributed by atoms with E-state index >= 15 is 0 Å². The van der Waals surface area contributed by atoms with Gasteiger partial charge in [0.05, 0.1) is 23.7 Å². The molecule has 0 unspecified atom stereocenters. The van der Waals surface area contributed by atoms with E-state index in [2.05, 4.69) is 41.3 Å². The Balaban J connectivity index is 1.39. The summed E-state index contributed by atoms with van der Waals surface area (Å²) in [6.07, 6.45) is 2.11. The Labute approximate surface area is 234 Å². The lowest BCUT2D eigenvalue weighted by atomic mass is 9.87. The number of rotatable bonds is 9.